The predicted molar refractivity (Wildman–Crippen MR) is 70.2 cm³/mol. The van der Waals surface area contributed by atoms with Crippen molar-refractivity contribution in [3.63, 3.8) is 0 Å². The number of sulfone groups is 1. The minimum Gasteiger partial charge on any atom is -0.334 e. The van der Waals surface area contributed by atoms with Gasteiger partial charge in [-0.05, 0) is 26.0 Å². The fourth-order valence-corrected chi connectivity index (χ4v) is 2.98. The molecule has 0 amide bonds. The van der Waals surface area contributed by atoms with Crippen molar-refractivity contribution in [1.29, 1.82) is 0 Å². The van der Waals surface area contributed by atoms with Crippen LogP contribution in [-0.4, -0.2) is 23.7 Å². The summed E-state index contributed by atoms with van der Waals surface area (Å²) in [5.41, 5.74) is 1.95. The summed E-state index contributed by atoms with van der Waals surface area (Å²) in [4.78, 5) is 4.53. The van der Waals surface area contributed by atoms with Crippen molar-refractivity contribution in [3.8, 4) is 0 Å². The van der Waals surface area contributed by atoms with Gasteiger partial charge in [0.15, 0.2) is 9.84 Å². The van der Waals surface area contributed by atoms with Crippen LogP contribution in [0.1, 0.15) is 11.4 Å². The first-order chi connectivity index (χ1) is 8.50. The molecule has 1 aromatic heterocycles. The lowest BCUT2D eigenvalue weighted by Crippen LogP contribution is -2.13. The smallest absolute Gasteiger partial charge is 0.180 e. The van der Waals surface area contributed by atoms with Crippen LogP contribution in [0, 0.1) is 13.8 Å². The van der Waals surface area contributed by atoms with Crippen LogP contribution in [0.3, 0.4) is 0 Å². The van der Waals surface area contributed by atoms with Crippen LogP contribution < -0.4 is 0 Å². The second-order valence-electron chi connectivity index (χ2n) is 4.24. The van der Waals surface area contributed by atoms with E-state index in [-0.39, 0.29) is 5.75 Å². The Kier molecular flexibility index (Phi) is 3.52. The molecular weight excluding hydrogens is 248 g/mol. The van der Waals surface area contributed by atoms with E-state index in [1.165, 1.54) is 0 Å². The molecular formula is C13H16N2O2S. The van der Waals surface area contributed by atoms with E-state index >= 15 is 0 Å². The van der Waals surface area contributed by atoms with Crippen molar-refractivity contribution in [2.75, 3.05) is 5.75 Å². The molecule has 0 fully saturated rings. The topological polar surface area (TPSA) is 52.0 Å². The summed E-state index contributed by atoms with van der Waals surface area (Å²) in [7, 11) is -3.21. The zero-order valence-corrected chi connectivity index (χ0v) is 11.3. The zero-order valence-electron chi connectivity index (χ0n) is 10.5. The Hall–Kier alpha value is -1.62. The average Bonchev–Trinajstić information content (AvgIpc) is 2.69. The summed E-state index contributed by atoms with van der Waals surface area (Å²) in [5, 5.41) is 0. The summed E-state index contributed by atoms with van der Waals surface area (Å²) in [6.45, 7) is 4.29. The van der Waals surface area contributed by atoms with Gasteiger partial charge in [-0.1, -0.05) is 18.2 Å². The van der Waals surface area contributed by atoms with Gasteiger partial charge in [-0.3, -0.25) is 0 Å². The van der Waals surface area contributed by atoms with Gasteiger partial charge in [-0.2, -0.15) is 0 Å². The van der Waals surface area contributed by atoms with Crippen LogP contribution in [0.15, 0.2) is 41.6 Å². The highest BCUT2D eigenvalue weighted by Gasteiger charge is 2.14. The standard InChI is InChI=1S/C13H16N2O2S/c1-11-12(2)15(10-14-11)8-9-18(16,17)13-6-4-3-5-7-13/h3-7,10H,8-9H2,1-2H3. The Labute approximate surface area is 107 Å². The van der Waals surface area contributed by atoms with E-state index in [0.717, 1.165) is 11.4 Å². The minimum absolute atomic E-state index is 0.0909. The molecule has 0 aliphatic rings. The van der Waals surface area contributed by atoms with Gasteiger partial charge in [0.2, 0.25) is 0 Å². The van der Waals surface area contributed by atoms with Gasteiger partial charge >= 0.3 is 0 Å². The molecule has 4 nitrogen and oxygen atoms in total. The van der Waals surface area contributed by atoms with Crippen molar-refractivity contribution in [2.45, 2.75) is 25.3 Å². The zero-order chi connectivity index (χ0) is 13.2. The molecule has 0 aliphatic carbocycles. The van der Waals surface area contributed by atoms with E-state index in [4.69, 9.17) is 0 Å². The first-order valence-electron chi connectivity index (χ1n) is 5.77. The summed E-state index contributed by atoms with van der Waals surface area (Å²) < 4.78 is 26.1. The maximum atomic E-state index is 12.1. The quantitative estimate of drug-likeness (QED) is 0.848. The normalized spacial score (nSPS) is 11.7. The Balaban J connectivity index is 2.13. The number of imidazole rings is 1. The summed E-state index contributed by atoms with van der Waals surface area (Å²) >= 11 is 0. The Bertz CT molecular complexity index is 630. The molecule has 0 N–H and O–H groups in total. The number of aromatic nitrogens is 2. The predicted octanol–water partition coefficient (Wildman–Crippen LogP) is 1.97. The number of benzene rings is 1. The van der Waals surface area contributed by atoms with E-state index in [2.05, 4.69) is 4.98 Å². The molecule has 0 saturated carbocycles. The molecule has 0 spiro atoms. The van der Waals surface area contributed by atoms with Crippen molar-refractivity contribution in [2.24, 2.45) is 0 Å². The lowest BCUT2D eigenvalue weighted by molar-refractivity contribution is 0.588. The molecule has 0 radical (unpaired) electrons. The number of nitrogens with zero attached hydrogens (tertiary/aromatic N) is 2. The highest BCUT2D eigenvalue weighted by atomic mass is 32.2. The fourth-order valence-electron chi connectivity index (χ4n) is 1.73. The highest BCUT2D eigenvalue weighted by molar-refractivity contribution is 7.91. The highest BCUT2D eigenvalue weighted by Crippen LogP contribution is 2.12. The van der Waals surface area contributed by atoms with Gasteiger partial charge in [-0.15, -0.1) is 0 Å². The Morgan fingerprint density at radius 1 is 1.17 bits per heavy atom. The Morgan fingerprint density at radius 3 is 2.39 bits per heavy atom. The van der Waals surface area contributed by atoms with Crippen molar-refractivity contribution in [1.82, 2.24) is 9.55 Å². The molecule has 1 heterocycles. The van der Waals surface area contributed by atoms with E-state index in [1.807, 2.05) is 24.5 Å². The largest absolute Gasteiger partial charge is 0.334 e. The molecule has 0 saturated heterocycles. The number of rotatable bonds is 4. The van der Waals surface area contributed by atoms with E-state index in [9.17, 15) is 8.42 Å². The molecule has 5 heteroatoms. The van der Waals surface area contributed by atoms with E-state index in [1.54, 1.807) is 30.6 Å². The first kappa shape index (κ1) is 12.8. The van der Waals surface area contributed by atoms with E-state index in [0.29, 0.717) is 11.4 Å². The number of hydrogen-bond donors (Lipinski definition) is 0. The molecule has 0 unspecified atom stereocenters. The van der Waals surface area contributed by atoms with Crippen LogP contribution in [0.5, 0.6) is 0 Å². The lowest BCUT2D eigenvalue weighted by atomic mass is 10.4. The van der Waals surface area contributed by atoms with Crippen molar-refractivity contribution in [3.05, 3.63) is 48.0 Å². The van der Waals surface area contributed by atoms with Gasteiger partial charge < -0.3 is 4.57 Å². The summed E-state index contributed by atoms with van der Waals surface area (Å²) in [6.07, 6.45) is 1.69. The molecule has 0 aliphatic heterocycles. The van der Waals surface area contributed by atoms with Crippen LogP contribution in [-0.2, 0) is 16.4 Å². The second-order valence-corrected chi connectivity index (χ2v) is 6.35. The molecule has 0 bridgehead atoms. The van der Waals surface area contributed by atoms with Crippen molar-refractivity contribution < 1.29 is 8.42 Å². The third kappa shape index (κ3) is 2.61. The third-order valence-electron chi connectivity index (χ3n) is 3.05. The second kappa shape index (κ2) is 4.94. The Morgan fingerprint density at radius 2 is 1.83 bits per heavy atom. The van der Waals surface area contributed by atoms with Crippen LogP contribution >= 0.6 is 0 Å². The monoisotopic (exact) mass is 264 g/mol. The molecule has 0 atom stereocenters. The summed E-state index contributed by atoms with van der Waals surface area (Å²) in [5.74, 6) is 0.0909. The average molecular weight is 264 g/mol. The van der Waals surface area contributed by atoms with Crippen LogP contribution in [0.2, 0.25) is 0 Å². The molecule has 1 aromatic carbocycles. The van der Waals surface area contributed by atoms with Gasteiger partial charge in [0, 0.05) is 12.2 Å². The molecule has 18 heavy (non-hydrogen) atoms. The van der Waals surface area contributed by atoms with Gasteiger partial charge in [0.1, 0.15) is 0 Å². The van der Waals surface area contributed by atoms with Crippen LogP contribution in [0.4, 0.5) is 0 Å². The van der Waals surface area contributed by atoms with Crippen molar-refractivity contribution >= 4 is 9.84 Å². The number of aryl methyl sites for hydroxylation is 2. The molecule has 2 aromatic rings. The maximum Gasteiger partial charge on any atom is 0.180 e. The lowest BCUT2D eigenvalue weighted by Gasteiger charge is -2.07. The van der Waals surface area contributed by atoms with Crippen LogP contribution in [0.25, 0.3) is 0 Å². The van der Waals surface area contributed by atoms with Gasteiger partial charge in [0.05, 0.1) is 22.7 Å². The summed E-state index contributed by atoms with van der Waals surface area (Å²) in [6, 6.07) is 8.53. The van der Waals surface area contributed by atoms with Gasteiger partial charge in [-0.25, -0.2) is 13.4 Å². The first-order valence-corrected chi connectivity index (χ1v) is 7.42. The number of hydrogen-bond acceptors (Lipinski definition) is 3. The third-order valence-corrected chi connectivity index (χ3v) is 4.76. The van der Waals surface area contributed by atoms with E-state index < -0.39 is 9.84 Å². The SMILES string of the molecule is Cc1ncn(CCS(=O)(=O)c2ccccc2)c1C. The molecule has 96 valence electrons. The fraction of sp³-hybridized carbons (Fsp3) is 0.308. The minimum atomic E-state index is -3.21. The molecule has 2 rings (SSSR count). The maximum absolute atomic E-state index is 12.1. The van der Waals surface area contributed by atoms with Gasteiger partial charge in [0.25, 0.3) is 0 Å².